The van der Waals surface area contributed by atoms with E-state index < -0.39 is 0 Å². The zero-order valence-electron chi connectivity index (χ0n) is 15.5. The second-order valence-corrected chi connectivity index (χ2v) is 6.40. The van der Waals surface area contributed by atoms with Crippen molar-refractivity contribution in [3.05, 3.63) is 58.7 Å². The molecular formula is C19H23N5O2. The number of aromatic nitrogens is 3. The molecule has 2 amide bonds. The average Bonchev–Trinajstić information content (AvgIpc) is 3.16. The predicted molar refractivity (Wildman–Crippen MR) is 99.7 cm³/mol. The lowest BCUT2D eigenvalue weighted by Gasteiger charge is -2.07. The van der Waals surface area contributed by atoms with Gasteiger partial charge in [0.2, 0.25) is 0 Å². The largest absolute Gasteiger partial charge is 0.361 e. The Labute approximate surface area is 152 Å². The maximum atomic E-state index is 12.1. The van der Waals surface area contributed by atoms with Crippen molar-refractivity contribution in [2.24, 2.45) is 0 Å². The standard InChI is InChI=1S/C19H23N5O2/c1-12-5-6-18(13(2)9-12)24-11-16(10-21-24)22-19(25)20-8-7-17-14(3)23-26-15(17)4/h5-6,9-11H,7-8H2,1-4H3,(H2,20,22,25). The van der Waals surface area contributed by atoms with E-state index in [1.54, 1.807) is 17.1 Å². The number of amides is 2. The van der Waals surface area contributed by atoms with Crippen molar-refractivity contribution in [2.45, 2.75) is 34.1 Å². The fourth-order valence-corrected chi connectivity index (χ4v) is 2.92. The van der Waals surface area contributed by atoms with E-state index in [-0.39, 0.29) is 6.03 Å². The molecule has 0 saturated carbocycles. The summed E-state index contributed by atoms with van der Waals surface area (Å²) in [5.74, 6) is 0.791. The van der Waals surface area contributed by atoms with E-state index in [2.05, 4.69) is 33.9 Å². The summed E-state index contributed by atoms with van der Waals surface area (Å²) >= 11 is 0. The monoisotopic (exact) mass is 353 g/mol. The number of nitrogens with zero attached hydrogens (tertiary/aromatic N) is 3. The minimum Gasteiger partial charge on any atom is -0.361 e. The van der Waals surface area contributed by atoms with E-state index in [4.69, 9.17) is 4.52 Å². The predicted octanol–water partition coefficient (Wildman–Crippen LogP) is 3.46. The van der Waals surface area contributed by atoms with Crippen LogP contribution in [0.4, 0.5) is 10.5 Å². The Balaban J connectivity index is 1.56. The fourth-order valence-electron chi connectivity index (χ4n) is 2.92. The Bertz CT molecular complexity index is 906. The quantitative estimate of drug-likeness (QED) is 0.736. The molecule has 0 aliphatic rings. The zero-order chi connectivity index (χ0) is 18.7. The Morgan fingerprint density at radius 2 is 2.04 bits per heavy atom. The van der Waals surface area contributed by atoms with E-state index in [0.29, 0.717) is 18.7 Å². The minimum atomic E-state index is -0.267. The summed E-state index contributed by atoms with van der Waals surface area (Å²) < 4.78 is 6.88. The molecular weight excluding hydrogens is 330 g/mol. The highest BCUT2D eigenvalue weighted by atomic mass is 16.5. The molecule has 2 aromatic heterocycles. The summed E-state index contributed by atoms with van der Waals surface area (Å²) in [4.78, 5) is 12.1. The summed E-state index contributed by atoms with van der Waals surface area (Å²) in [6.45, 7) is 8.36. The van der Waals surface area contributed by atoms with Crippen molar-refractivity contribution in [3.8, 4) is 5.69 Å². The summed E-state index contributed by atoms with van der Waals surface area (Å²) in [7, 11) is 0. The molecule has 136 valence electrons. The normalized spacial score (nSPS) is 10.8. The van der Waals surface area contributed by atoms with Gasteiger partial charge < -0.3 is 15.2 Å². The average molecular weight is 353 g/mol. The van der Waals surface area contributed by atoms with Crippen LogP contribution in [0, 0.1) is 27.7 Å². The molecule has 3 aromatic rings. The minimum absolute atomic E-state index is 0.267. The summed E-state index contributed by atoms with van der Waals surface area (Å²) in [5.41, 5.74) is 5.85. The first-order valence-corrected chi connectivity index (χ1v) is 8.53. The van der Waals surface area contributed by atoms with Crippen molar-refractivity contribution in [1.29, 1.82) is 0 Å². The molecule has 0 bridgehead atoms. The van der Waals surface area contributed by atoms with Gasteiger partial charge >= 0.3 is 6.03 Å². The number of nitrogens with one attached hydrogen (secondary N) is 2. The lowest BCUT2D eigenvalue weighted by molar-refractivity contribution is 0.252. The molecule has 2 N–H and O–H groups in total. The number of rotatable bonds is 5. The highest BCUT2D eigenvalue weighted by Gasteiger charge is 2.10. The molecule has 0 spiro atoms. The molecule has 0 saturated heterocycles. The zero-order valence-corrected chi connectivity index (χ0v) is 15.5. The first-order valence-electron chi connectivity index (χ1n) is 8.53. The van der Waals surface area contributed by atoms with Crippen molar-refractivity contribution in [2.75, 3.05) is 11.9 Å². The molecule has 7 heteroatoms. The lowest BCUT2D eigenvalue weighted by atomic mass is 10.1. The van der Waals surface area contributed by atoms with Gasteiger partial charge in [-0.05, 0) is 45.7 Å². The van der Waals surface area contributed by atoms with Crippen LogP contribution in [0.3, 0.4) is 0 Å². The lowest BCUT2D eigenvalue weighted by Crippen LogP contribution is -2.30. The van der Waals surface area contributed by atoms with E-state index in [1.165, 1.54) is 5.56 Å². The van der Waals surface area contributed by atoms with Crippen LogP contribution in [0.5, 0.6) is 0 Å². The molecule has 7 nitrogen and oxygen atoms in total. The first-order chi connectivity index (χ1) is 12.4. The van der Waals surface area contributed by atoms with Crippen molar-refractivity contribution in [1.82, 2.24) is 20.3 Å². The highest BCUT2D eigenvalue weighted by molar-refractivity contribution is 5.88. The third-order valence-electron chi connectivity index (χ3n) is 4.28. The van der Waals surface area contributed by atoms with Gasteiger partial charge in [0.1, 0.15) is 5.76 Å². The van der Waals surface area contributed by atoms with E-state index in [0.717, 1.165) is 28.3 Å². The number of hydrogen-bond donors (Lipinski definition) is 2. The molecule has 0 aliphatic heterocycles. The van der Waals surface area contributed by atoms with Crippen LogP contribution < -0.4 is 10.6 Å². The molecule has 0 unspecified atom stereocenters. The Morgan fingerprint density at radius 1 is 1.23 bits per heavy atom. The first kappa shape index (κ1) is 17.7. The van der Waals surface area contributed by atoms with Crippen molar-refractivity contribution >= 4 is 11.7 Å². The molecule has 1 aromatic carbocycles. The summed E-state index contributed by atoms with van der Waals surface area (Å²) in [6.07, 6.45) is 4.11. The molecule has 0 atom stereocenters. The van der Waals surface area contributed by atoms with Gasteiger partial charge in [-0.3, -0.25) is 0 Å². The maximum Gasteiger partial charge on any atom is 0.319 e. The SMILES string of the molecule is Cc1ccc(-n2cc(NC(=O)NCCc3c(C)noc3C)cn2)c(C)c1. The van der Waals surface area contributed by atoms with Crippen LogP contribution in [-0.2, 0) is 6.42 Å². The highest BCUT2D eigenvalue weighted by Crippen LogP contribution is 2.17. The number of carbonyl (C=O) groups excluding carboxylic acids is 1. The summed E-state index contributed by atoms with van der Waals surface area (Å²) in [6, 6.07) is 5.90. The van der Waals surface area contributed by atoms with E-state index in [1.807, 2.05) is 32.9 Å². The second-order valence-electron chi connectivity index (χ2n) is 6.40. The second kappa shape index (κ2) is 7.43. The number of urea groups is 1. The topological polar surface area (TPSA) is 85.0 Å². The molecule has 3 rings (SSSR count). The van der Waals surface area contributed by atoms with Gasteiger partial charge in [-0.25, -0.2) is 9.48 Å². The van der Waals surface area contributed by atoms with Crippen LogP contribution in [-0.4, -0.2) is 27.5 Å². The van der Waals surface area contributed by atoms with Crippen LogP contribution in [0.25, 0.3) is 5.69 Å². The van der Waals surface area contributed by atoms with Gasteiger partial charge in [0.05, 0.1) is 29.5 Å². The smallest absolute Gasteiger partial charge is 0.319 e. The maximum absolute atomic E-state index is 12.1. The molecule has 0 aliphatic carbocycles. The van der Waals surface area contributed by atoms with Gasteiger partial charge in [-0.1, -0.05) is 22.9 Å². The van der Waals surface area contributed by atoms with E-state index in [9.17, 15) is 4.79 Å². The molecule has 0 fully saturated rings. The third kappa shape index (κ3) is 3.93. The number of benzene rings is 1. The third-order valence-corrected chi connectivity index (χ3v) is 4.28. The Morgan fingerprint density at radius 3 is 2.73 bits per heavy atom. The van der Waals surface area contributed by atoms with Gasteiger partial charge in [0, 0.05) is 12.1 Å². The summed E-state index contributed by atoms with van der Waals surface area (Å²) in [5, 5.41) is 13.9. The van der Waals surface area contributed by atoms with Crippen LogP contribution >= 0.6 is 0 Å². The Hall–Kier alpha value is -3.09. The number of hydrogen-bond acceptors (Lipinski definition) is 4. The fraction of sp³-hybridized carbons (Fsp3) is 0.316. The number of aryl methyl sites for hydroxylation is 4. The van der Waals surface area contributed by atoms with E-state index >= 15 is 0 Å². The molecule has 0 radical (unpaired) electrons. The van der Waals surface area contributed by atoms with Crippen LogP contribution in [0.2, 0.25) is 0 Å². The van der Waals surface area contributed by atoms with Gasteiger partial charge in [0.25, 0.3) is 0 Å². The van der Waals surface area contributed by atoms with Gasteiger partial charge in [-0.15, -0.1) is 0 Å². The van der Waals surface area contributed by atoms with Crippen LogP contribution in [0.15, 0.2) is 35.1 Å². The van der Waals surface area contributed by atoms with Crippen molar-refractivity contribution in [3.63, 3.8) is 0 Å². The number of carbonyl (C=O) groups is 1. The van der Waals surface area contributed by atoms with Gasteiger partial charge in [0.15, 0.2) is 0 Å². The van der Waals surface area contributed by atoms with Crippen LogP contribution in [0.1, 0.15) is 28.1 Å². The van der Waals surface area contributed by atoms with Gasteiger partial charge in [-0.2, -0.15) is 5.10 Å². The molecule has 26 heavy (non-hydrogen) atoms. The number of anilines is 1. The van der Waals surface area contributed by atoms with Crippen molar-refractivity contribution < 1.29 is 9.32 Å². The molecule has 2 heterocycles. The Kier molecular flexibility index (Phi) is 5.06.